The molecule has 0 bridgehead atoms. The van der Waals surface area contributed by atoms with E-state index in [1.54, 1.807) is 36.4 Å². The van der Waals surface area contributed by atoms with E-state index in [2.05, 4.69) is 31.9 Å². The van der Waals surface area contributed by atoms with Gasteiger partial charge in [0.2, 0.25) is 0 Å². The van der Waals surface area contributed by atoms with Crippen molar-refractivity contribution in [2.24, 2.45) is 11.8 Å². The number of hydrogen-bond donors (Lipinski definition) is 2. The van der Waals surface area contributed by atoms with Gasteiger partial charge in [0.05, 0.1) is 26.1 Å². The van der Waals surface area contributed by atoms with Crippen molar-refractivity contribution in [1.82, 2.24) is 0 Å². The molecule has 3 rings (SSSR count). The topological polar surface area (TPSA) is 93.1 Å². The molecule has 0 spiro atoms. The van der Waals surface area contributed by atoms with Crippen LogP contribution in [0.1, 0.15) is 23.0 Å². The molecule has 0 unspecified atom stereocenters. The van der Waals surface area contributed by atoms with Gasteiger partial charge in [0, 0.05) is 20.8 Å². The highest BCUT2D eigenvalue weighted by molar-refractivity contribution is 9.10. The standard InChI is InChI=1S/C20H18Br2O6/c1-27-13-5-3-9(21)7-11(13)15-16(18(20(25)26)17(15)19(23)24)12-8-10(22)4-6-14(12)28-2/h3-8,15-18H,1-2H3,(H,23,24)(H,25,26)/t15-,16+,17+,18-. The average Bonchev–Trinajstić information content (AvgIpc) is 2.60. The second-order valence-corrected chi connectivity index (χ2v) is 8.38. The van der Waals surface area contributed by atoms with Crippen molar-refractivity contribution in [3.05, 3.63) is 56.5 Å². The SMILES string of the molecule is COc1ccc(Br)cc1[C@@H]1[C@@H](C(=O)O)[C@@H](C(=O)O)[C@@H]1c1cc(Br)ccc1OC. The summed E-state index contributed by atoms with van der Waals surface area (Å²) in [6.07, 6.45) is 0. The summed E-state index contributed by atoms with van der Waals surface area (Å²) >= 11 is 6.83. The second kappa shape index (κ2) is 8.13. The highest BCUT2D eigenvalue weighted by Gasteiger charge is 2.60. The van der Waals surface area contributed by atoms with Crippen LogP contribution in [-0.2, 0) is 9.59 Å². The zero-order valence-corrected chi connectivity index (χ0v) is 18.2. The van der Waals surface area contributed by atoms with E-state index in [1.165, 1.54) is 14.2 Å². The lowest BCUT2D eigenvalue weighted by Crippen LogP contribution is -2.51. The number of hydrogen-bond acceptors (Lipinski definition) is 4. The first-order chi connectivity index (χ1) is 13.3. The van der Waals surface area contributed by atoms with E-state index in [0.717, 1.165) is 8.95 Å². The van der Waals surface area contributed by atoms with Crippen molar-refractivity contribution >= 4 is 43.8 Å². The summed E-state index contributed by atoms with van der Waals surface area (Å²) in [5.41, 5.74) is 1.29. The van der Waals surface area contributed by atoms with Crippen molar-refractivity contribution in [3.63, 3.8) is 0 Å². The van der Waals surface area contributed by atoms with Crippen LogP contribution < -0.4 is 9.47 Å². The van der Waals surface area contributed by atoms with Gasteiger partial charge in [0.1, 0.15) is 11.5 Å². The van der Waals surface area contributed by atoms with Gasteiger partial charge in [-0.05, 0) is 47.5 Å². The minimum absolute atomic E-state index is 0.516. The average molecular weight is 514 g/mol. The van der Waals surface area contributed by atoms with E-state index in [9.17, 15) is 19.8 Å². The Hall–Kier alpha value is -2.06. The molecule has 1 aliphatic carbocycles. The Morgan fingerprint density at radius 2 is 1.14 bits per heavy atom. The van der Waals surface area contributed by atoms with Crippen LogP contribution in [0.15, 0.2) is 45.3 Å². The summed E-state index contributed by atoms with van der Waals surface area (Å²) in [6.45, 7) is 0. The summed E-state index contributed by atoms with van der Waals surface area (Å²) in [7, 11) is 3.01. The molecule has 0 radical (unpaired) electrons. The molecule has 1 aliphatic rings. The number of benzene rings is 2. The van der Waals surface area contributed by atoms with Gasteiger partial charge >= 0.3 is 11.9 Å². The minimum Gasteiger partial charge on any atom is -0.496 e. The number of carbonyl (C=O) groups is 2. The Bertz CT molecular complexity index is 853. The van der Waals surface area contributed by atoms with Gasteiger partial charge in [-0.2, -0.15) is 0 Å². The fraction of sp³-hybridized carbons (Fsp3) is 0.300. The van der Waals surface area contributed by atoms with Crippen LogP contribution in [0.25, 0.3) is 0 Å². The summed E-state index contributed by atoms with van der Waals surface area (Å²) in [5, 5.41) is 19.6. The number of carboxylic acid groups (broad SMARTS) is 2. The van der Waals surface area contributed by atoms with Crippen LogP contribution in [0.4, 0.5) is 0 Å². The smallest absolute Gasteiger partial charge is 0.308 e. The first-order valence-electron chi connectivity index (χ1n) is 8.42. The third-order valence-electron chi connectivity index (χ3n) is 5.22. The molecule has 0 saturated heterocycles. The summed E-state index contributed by atoms with van der Waals surface area (Å²) in [4.78, 5) is 24.0. The number of methoxy groups -OCH3 is 2. The molecule has 1 saturated carbocycles. The number of rotatable bonds is 6. The van der Waals surface area contributed by atoms with Crippen molar-refractivity contribution in [2.45, 2.75) is 11.8 Å². The molecular weight excluding hydrogens is 496 g/mol. The normalized spacial score (nSPS) is 23.6. The van der Waals surface area contributed by atoms with Gasteiger partial charge in [0.25, 0.3) is 0 Å². The molecule has 28 heavy (non-hydrogen) atoms. The molecule has 2 aromatic carbocycles. The van der Waals surface area contributed by atoms with Gasteiger partial charge in [-0.15, -0.1) is 0 Å². The van der Waals surface area contributed by atoms with E-state index in [0.29, 0.717) is 22.6 Å². The van der Waals surface area contributed by atoms with Gasteiger partial charge in [-0.3, -0.25) is 9.59 Å². The molecule has 0 aromatic heterocycles. The predicted molar refractivity (Wildman–Crippen MR) is 109 cm³/mol. The molecule has 4 atom stereocenters. The lowest BCUT2D eigenvalue weighted by Gasteiger charge is -2.48. The van der Waals surface area contributed by atoms with Crippen molar-refractivity contribution in [3.8, 4) is 11.5 Å². The number of aliphatic carboxylic acids is 2. The van der Waals surface area contributed by atoms with Gasteiger partial charge in [-0.25, -0.2) is 0 Å². The molecule has 6 nitrogen and oxygen atoms in total. The summed E-state index contributed by atoms with van der Waals surface area (Å²) in [5.74, 6) is -4.62. The van der Waals surface area contributed by atoms with E-state index in [-0.39, 0.29) is 0 Å². The monoisotopic (exact) mass is 512 g/mol. The third-order valence-corrected chi connectivity index (χ3v) is 6.21. The first-order valence-corrected chi connectivity index (χ1v) is 10.0. The van der Waals surface area contributed by atoms with E-state index >= 15 is 0 Å². The number of ether oxygens (including phenoxy) is 2. The van der Waals surface area contributed by atoms with E-state index in [1.807, 2.05) is 0 Å². The maximum atomic E-state index is 12.0. The highest BCUT2D eigenvalue weighted by atomic mass is 79.9. The summed E-state index contributed by atoms with van der Waals surface area (Å²) in [6, 6.07) is 10.6. The molecular formula is C20H18Br2O6. The molecule has 0 heterocycles. The Kier molecular flexibility index (Phi) is 6.00. The minimum atomic E-state index is -1.15. The summed E-state index contributed by atoms with van der Waals surface area (Å²) < 4.78 is 12.4. The fourth-order valence-electron chi connectivity index (χ4n) is 4.07. The van der Waals surface area contributed by atoms with E-state index in [4.69, 9.17) is 9.47 Å². The Morgan fingerprint density at radius 3 is 1.43 bits per heavy atom. The van der Waals surface area contributed by atoms with Gasteiger partial charge < -0.3 is 19.7 Å². The zero-order valence-electron chi connectivity index (χ0n) is 15.1. The Labute approximate surface area is 178 Å². The largest absolute Gasteiger partial charge is 0.496 e. The second-order valence-electron chi connectivity index (χ2n) is 6.55. The number of halogens is 2. The molecule has 0 amide bonds. The highest BCUT2D eigenvalue weighted by Crippen LogP contribution is 2.61. The molecule has 148 valence electrons. The van der Waals surface area contributed by atoms with Crippen molar-refractivity contribution in [1.29, 1.82) is 0 Å². The van der Waals surface area contributed by atoms with Crippen LogP contribution in [-0.4, -0.2) is 36.4 Å². The predicted octanol–water partition coefficient (Wildman–Crippen LogP) is 4.51. The maximum absolute atomic E-state index is 12.0. The first kappa shape index (κ1) is 20.7. The zero-order chi connectivity index (χ0) is 20.6. The van der Waals surface area contributed by atoms with Crippen LogP contribution in [0, 0.1) is 11.8 Å². The molecule has 2 N–H and O–H groups in total. The van der Waals surface area contributed by atoms with Crippen LogP contribution in [0.3, 0.4) is 0 Å². The van der Waals surface area contributed by atoms with Gasteiger partial charge in [0.15, 0.2) is 0 Å². The molecule has 1 fully saturated rings. The van der Waals surface area contributed by atoms with Crippen LogP contribution in [0.2, 0.25) is 0 Å². The van der Waals surface area contributed by atoms with Crippen LogP contribution >= 0.6 is 31.9 Å². The number of carboxylic acids is 2. The van der Waals surface area contributed by atoms with Crippen molar-refractivity contribution in [2.75, 3.05) is 14.2 Å². The van der Waals surface area contributed by atoms with Crippen molar-refractivity contribution < 1.29 is 29.3 Å². The van der Waals surface area contributed by atoms with E-state index < -0.39 is 35.6 Å². The Balaban J connectivity index is 2.23. The van der Waals surface area contributed by atoms with Crippen LogP contribution in [0.5, 0.6) is 11.5 Å². The lowest BCUT2D eigenvalue weighted by molar-refractivity contribution is -0.164. The maximum Gasteiger partial charge on any atom is 0.308 e. The quantitative estimate of drug-likeness (QED) is 0.590. The fourth-order valence-corrected chi connectivity index (χ4v) is 4.83. The molecule has 8 heteroatoms. The lowest BCUT2D eigenvalue weighted by atomic mass is 9.52. The Morgan fingerprint density at radius 1 is 0.786 bits per heavy atom. The van der Waals surface area contributed by atoms with Gasteiger partial charge in [-0.1, -0.05) is 31.9 Å². The molecule has 0 aliphatic heterocycles. The molecule has 2 aromatic rings. The third kappa shape index (κ3) is 3.51.